The zero-order valence-electron chi connectivity index (χ0n) is 17.1. The van der Waals surface area contributed by atoms with Gasteiger partial charge in [-0.1, -0.05) is 42.8 Å². The first-order valence-electron chi connectivity index (χ1n) is 10.3. The van der Waals surface area contributed by atoms with Crippen molar-refractivity contribution in [3.8, 4) is 11.3 Å². The van der Waals surface area contributed by atoms with Crippen molar-refractivity contribution in [2.75, 3.05) is 6.61 Å². The topological polar surface area (TPSA) is 135 Å². The lowest BCUT2D eigenvalue weighted by molar-refractivity contribution is -0.0458. The van der Waals surface area contributed by atoms with Crippen LogP contribution in [0.3, 0.4) is 0 Å². The maximum absolute atomic E-state index is 12.4. The molecule has 1 aliphatic rings. The van der Waals surface area contributed by atoms with Gasteiger partial charge in [-0.15, -0.1) is 5.10 Å². The van der Waals surface area contributed by atoms with Gasteiger partial charge in [-0.2, -0.15) is 0 Å². The van der Waals surface area contributed by atoms with Crippen molar-refractivity contribution in [3.63, 3.8) is 0 Å². The minimum absolute atomic E-state index is 0.123. The van der Waals surface area contributed by atoms with Gasteiger partial charge in [0.05, 0.1) is 31.0 Å². The molecule has 4 rings (SSSR count). The number of hydrogen-bond donors (Lipinski definition) is 3. The molecule has 0 bridgehead atoms. The Balaban J connectivity index is 1.62. The monoisotopic (exact) mass is 427 g/mol. The van der Waals surface area contributed by atoms with Crippen LogP contribution < -0.4 is 11.2 Å². The summed E-state index contributed by atoms with van der Waals surface area (Å²) in [5.41, 5.74) is 1.60. The number of aliphatic hydroxyl groups is 2. The van der Waals surface area contributed by atoms with E-state index in [2.05, 4.69) is 28.3 Å². The summed E-state index contributed by atoms with van der Waals surface area (Å²) < 4.78 is 8.39. The average molecular weight is 427 g/mol. The smallest absolute Gasteiger partial charge is 0.330 e. The summed E-state index contributed by atoms with van der Waals surface area (Å²) in [5.74, 6) is 0. The third-order valence-electron chi connectivity index (χ3n) is 5.45. The molecule has 0 saturated carbocycles. The molecular formula is C21H25N5O5. The molecule has 164 valence electrons. The van der Waals surface area contributed by atoms with E-state index in [0.717, 1.165) is 18.4 Å². The summed E-state index contributed by atoms with van der Waals surface area (Å²) >= 11 is 0. The molecule has 10 heteroatoms. The summed E-state index contributed by atoms with van der Waals surface area (Å²) in [6.07, 6.45) is 2.65. The molecule has 1 saturated heterocycles. The minimum Gasteiger partial charge on any atom is -0.394 e. The molecule has 1 aromatic carbocycles. The number of rotatable bonds is 7. The van der Waals surface area contributed by atoms with Gasteiger partial charge in [0.1, 0.15) is 18.0 Å². The molecule has 10 nitrogen and oxygen atoms in total. The second-order valence-corrected chi connectivity index (χ2v) is 7.64. The van der Waals surface area contributed by atoms with E-state index in [1.54, 1.807) is 10.9 Å². The lowest BCUT2D eigenvalue weighted by atomic mass is 10.0. The number of nitrogens with one attached hydrogen (secondary N) is 1. The molecule has 0 radical (unpaired) electrons. The van der Waals surface area contributed by atoms with Gasteiger partial charge in [0, 0.05) is 12.6 Å². The van der Waals surface area contributed by atoms with Crippen LogP contribution >= 0.6 is 0 Å². The van der Waals surface area contributed by atoms with E-state index in [-0.39, 0.29) is 18.6 Å². The highest BCUT2D eigenvalue weighted by Gasteiger charge is 2.35. The van der Waals surface area contributed by atoms with Crippen LogP contribution in [-0.4, -0.2) is 53.6 Å². The molecule has 3 N–H and O–H groups in total. The van der Waals surface area contributed by atoms with Gasteiger partial charge in [-0.3, -0.25) is 14.3 Å². The predicted molar refractivity (Wildman–Crippen MR) is 111 cm³/mol. The van der Waals surface area contributed by atoms with Crippen molar-refractivity contribution in [2.24, 2.45) is 0 Å². The zero-order chi connectivity index (χ0) is 22.0. The van der Waals surface area contributed by atoms with Crippen LogP contribution in [0, 0.1) is 0 Å². The van der Waals surface area contributed by atoms with Crippen molar-refractivity contribution in [1.29, 1.82) is 0 Å². The molecule has 1 fully saturated rings. The highest BCUT2D eigenvalue weighted by atomic mass is 16.5. The van der Waals surface area contributed by atoms with Crippen LogP contribution in [0.4, 0.5) is 0 Å². The molecule has 0 aliphatic carbocycles. The zero-order valence-corrected chi connectivity index (χ0v) is 17.1. The van der Waals surface area contributed by atoms with Gasteiger partial charge < -0.3 is 14.9 Å². The Kier molecular flexibility index (Phi) is 6.12. The number of nitrogens with zero attached hydrogens (tertiary/aromatic N) is 4. The van der Waals surface area contributed by atoms with Crippen LogP contribution in [0.5, 0.6) is 0 Å². The molecule has 2 aromatic heterocycles. The van der Waals surface area contributed by atoms with Crippen molar-refractivity contribution < 1.29 is 14.9 Å². The van der Waals surface area contributed by atoms with Crippen LogP contribution in [0.2, 0.25) is 0 Å². The van der Waals surface area contributed by atoms with Crippen LogP contribution in [-0.2, 0) is 17.7 Å². The average Bonchev–Trinajstić information content (AvgIpc) is 3.36. The first-order chi connectivity index (χ1) is 15.0. The van der Waals surface area contributed by atoms with Crippen LogP contribution in [0.25, 0.3) is 11.3 Å². The normalized spacial score (nSPS) is 20.9. The number of aromatic nitrogens is 5. The summed E-state index contributed by atoms with van der Waals surface area (Å²) in [6.45, 7) is 2.27. The molecule has 0 amide bonds. The Labute approximate surface area is 177 Å². The van der Waals surface area contributed by atoms with Crippen molar-refractivity contribution >= 4 is 0 Å². The molecule has 3 aromatic rings. The minimum atomic E-state index is -0.902. The van der Waals surface area contributed by atoms with Crippen LogP contribution in [0.1, 0.15) is 37.1 Å². The maximum Gasteiger partial charge on any atom is 0.330 e. The van der Waals surface area contributed by atoms with E-state index in [1.165, 1.54) is 16.3 Å². The Morgan fingerprint density at radius 3 is 2.71 bits per heavy atom. The predicted octanol–water partition coefficient (Wildman–Crippen LogP) is 0.437. The third-order valence-corrected chi connectivity index (χ3v) is 5.45. The van der Waals surface area contributed by atoms with Gasteiger partial charge in [-0.25, -0.2) is 9.48 Å². The van der Waals surface area contributed by atoms with Gasteiger partial charge >= 0.3 is 5.69 Å². The molecule has 0 spiro atoms. The van der Waals surface area contributed by atoms with E-state index in [9.17, 15) is 19.8 Å². The maximum atomic E-state index is 12.4. The number of benzene rings is 1. The molecule has 3 atom stereocenters. The molecule has 3 heterocycles. The third kappa shape index (κ3) is 4.36. The second kappa shape index (κ2) is 8.96. The molecular weight excluding hydrogens is 402 g/mol. The summed E-state index contributed by atoms with van der Waals surface area (Å²) in [6, 6.07) is 8.11. The molecule has 1 aliphatic heterocycles. The fourth-order valence-corrected chi connectivity index (χ4v) is 3.83. The second-order valence-electron chi connectivity index (χ2n) is 7.64. The van der Waals surface area contributed by atoms with Crippen molar-refractivity contribution in [2.45, 2.75) is 51.2 Å². The van der Waals surface area contributed by atoms with Crippen molar-refractivity contribution in [3.05, 3.63) is 68.6 Å². The fraction of sp³-hybridized carbons (Fsp3) is 0.429. The van der Waals surface area contributed by atoms with Gasteiger partial charge in [0.25, 0.3) is 5.56 Å². The Bertz CT molecular complexity index is 1170. The van der Waals surface area contributed by atoms with E-state index in [4.69, 9.17) is 4.74 Å². The number of aromatic amines is 1. The van der Waals surface area contributed by atoms with E-state index in [1.807, 2.05) is 18.2 Å². The van der Waals surface area contributed by atoms with E-state index in [0.29, 0.717) is 12.2 Å². The standard InChI is InChI=1S/C21H25N5O5/c1-2-5-13-6-3-4-7-14(13)9-25-11-16(23-24-25)15-10-26(21(30)22-20(15)29)19-8-17(28)18(12-27)31-19/h3-4,6-7,10-11,17-19,27-28H,2,5,8-9,12H2,1H3,(H,22,29,30)/t17-,18+,19+/m0/s1. The first kappa shape index (κ1) is 21.2. The molecule has 31 heavy (non-hydrogen) atoms. The summed E-state index contributed by atoms with van der Waals surface area (Å²) in [4.78, 5) is 27.0. The lowest BCUT2D eigenvalue weighted by Crippen LogP contribution is -2.33. The number of aliphatic hydroxyl groups excluding tert-OH is 2. The molecule has 0 unspecified atom stereocenters. The highest BCUT2D eigenvalue weighted by molar-refractivity contribution is 5.54. The van der Waals surface area contributed by atoms with Gasteiger partial charge in [-0.05, 0) is 17.5 Å². The van der Waals surface area contributed by atoms with E-state index < -0.39 is 29.7 Å². The lowest BCUT2D eigenvalue weighted by Gasteiger charge is -2.14. The van der Waals surface area contributed by atoms with Gasteiger partial charge in [0.2, 0.25) is 0 Å². The van der Waals surface area contributed by atoms with Crippen molar-refractivity contribution in [1.82, 2.24) is 24.5 Å². The number of aryl methyl sites for hydroxylation is 1. The SMILES string of the molecule is CCCc1ccccc1Cn1cc(-c2cn([C@H]3C[C@H](O)[C@@H](CO)O3)c(=O)[nH]c2=O)nn1. The Morgan fingerprint density at radius 1 is 1.23 bits per heavy atom. The fourth-order valence-electron chi connectivity index (χ4n) is 3.83. The largest absolute Gasteiger partial charge is 0.394 e. The summed E-state index contributed by atoms with van der Waals surface area (Å²) in [7, 11) is 0. The Hall–Kier alpha value is -3.08. The first-order valence-corrected chi connectivity index (χ1v) is 10.3. The summed E-state index contributed by atoms with van der Waals surface area (Å²) in [5, 5.41) is 27.5. The van der Waals surface area contributed by atoms with Gasteiger partial charge in [0.15, 0.2) is 0 Å². The number of H-pyrrole nitrogens is 1. The Morgan fingerprint density at radius 2 is 2.00 bits per heavy atom. The highest BCUT2D eigenvalue weighted by Crippen LogP contribution is 2.27. The van der Waals surface area contributed by atoms with E-state index >= 15 is 0 Å². The van der Waals surface area contributed by atoms with Crippen LogP contribution in [0.15, 0.2) is 46.2 Å². The number of hydrogen-bond acceptors (Lipinski definition) is 7. The number of ether oxygens (including phenoxy) is 1. The quantitative estimate of drug-likeness (QED) is 0.498.